The molecule has 3 N–H and O–H groups in total. The average Bonchev–Trinajstić information content (AvgIpc) is 2.67. The Hall–Kier alpha value is -1.12. The standard InChI is InChI=1S/C10H10BrN3O2S2/c1-6-2-3-7(4-8(6)12)18(15,16)14-10-13-5-9(11)17-10/h2-5H,12H2,1H3,(H,13,14). The molecular formula is C10H10BrN3O2S2. The summed E-state index contributed by atoms with van der Waals surface area (Å²) >= 11 is 4.42. The van der Waals surface area contributed by atoms with Crippen molar-refractivity contribution in [1.29, 1.82) is 0 Å². The molecule has 1 aromatic carbocycles. The Bertz CT molecular complexity index is 682. The molecule has 2 rings (SSSR count). The molecular weight excluding hydrogens is 338 g/mol. The van der Waals surface area contributed by atoms with Crippen molar-refractivity contribution in [1.82, 2.24) is 4.98 Å². The molecule has 1 heterocycles. The van der Waals surface area contributed by atoms with Crippen molar-refractivity contribution in [3.63, 3.8) is 0 Å². The van der Waals surface area contributed by atoms with Crippen molar-refractivity contribution in [3.8, 4) is 0 Å². The topological polar surface area (TPSA) is 85.1 Å². The second kappa shape index (κ2) is 4.87. The first-order chi connectivity index (χ1) is 8.38. The number of rotatable bonds is 3. The fourth-order valence-electron chi connectivity index (χ4n) is 1.26. The number of anilines is 2. The highest BCUT2D eigenvalue weighted by Crippen LogP contribution is 2.26. The molecule has 0 atom stereocenters. The molecule has 18 heavy (non-hydrogen) atoms. The molecule has 0 saturated heterocycles. The second-order valence-electron chi connectivity index (χ2n) is 3.59. The van der Waals surface area contributed by atoms with Crippen molar-refractivity contribution in [2.24, 2.45) is 0 Å². The lowest BCUT2D eigenvalue weighted by atomic mass is 10.2. The Labute approximate surface area is 117 Å². The molecule has 5 nitrogen and oxygen atoms in total. The van der Waals surface area contributed by atoms with Crippen LogP contribution < -0.4 is 10.5 Å². The fourth-order valence-corrected chi connectivity index (χ4v) is 3.64. The minimum Gasteiger partial charge on any atom is -0.398 e. The van der Waals surface area contributed by atoms with E-state index in [1.165, 1.54) is 29.7 Å². The molecule has 0 unspecified atom stereocenters. The van der Waals surface area contributed by atoms with E-state index in [1.807, 2.05) is 6.92 Å². The zero-order chi connectivity index (χ0) is 13.3. The summed E-state index contributed by atoms with van der Waals surface area (Å²) in [7, 11) is -3.64. The number of sulfonamides is 1. The molecule has 0 saturated carbocycles. The predicted molar refractivity (Wildman–Crippen MR) is 76.2 cm³/mol. The number of benzene rings is 1. The Morgan fingerprint density at radius 2 is 2.17 bits per heavy atom. The Balaban J connectivity index is 2.33. The van der Waals surface area contributed by atoms with Crippen molar-refractivity contribution >= 4 is 48.1 Å². The van der Waals surface area contributed by atoms with Gasteiger partial charge in [0, 0.05) is 5.69 Å². The Morgan fingerprint density at radius 1 is 1.44 bits per heavy atom. The maximum atomic E-state index is 12.1. The van der Waals surface area contributed by atoms with Crippen LogP contribution in [-0.4, -0.2) is 13.4 Å². The van der Waals surface area contributed by atoms with Crippen molar-refractivity contribution in [3.05, 3.63) is 33.7 Å². The van der Waals surface area contributed by atoms with Crippen LogP contribution in [0.1, 0.15) is 5.56 Å². The highest BCUT2D eigenvalue weighted by Gasteiger charge is 2.16. The minimum atomic E-state index is -3.64. The number of hydrogen-bond donors (Lipinski definition) is 2. The molecule has 0 radical (unpaired) electrons. The largest absolute Gasteiger partial charge is 0.398 e. The zero-order valence-corrected chi connectivity index (χ0v) is 12.6. The summed E-state index contributed by atoms with van der Waals surface area (Å²) in [4.78, 5) is 4.04. The van der Waals surface area contributed by atoms with Gasteiger partial charge in [-0.05, 0) is 40.5 Å². The number of nitrogens with zero attached hydrogens (tertiary/aromatic N) is 1. The van der Waals surface area contributed by atoms with Gasteiger partial charge in [0.15, 0.2) is 5.13 Å². The van der Waals surface area contributed by atoms with E-state index in [-0.39, 0.29) is 4.90 Å². The molecule has 0 amide bonds. The summed E-state index contributed by atoms with van der Waals surface area (Å²) in [6.07, 6.45) is 1.53. The van der Waals surface area contributed by atoms with Gasteiger partial charge in [0.1, 0.15) is 0 Å². The number of hydrogen-bond acceptors (Lipinski definition) is 5. The molecule has 2 aromatic rings. The van der Waals surface area contributed by atoms with E-state index >= 15 is 0 Å². The third-order valence-corrected chi connectivity index (χ3v) is 5.12. The lowest BCUT2D eigenvalue weighted by Crippen LogP contribution is -2.13. The first-order valence-corrected chi connectivity index (χ1v) is 7.98. The van der Waals surface area contributed by atoms with Gasteiger partial charge >= 0.3 is 0 Å². The second-order valence-corrected chi connectivity index (χ2v) is 7.69. The zero-order valence-electron chi connectivity index (χ0n) is 9.34. The molecule has 0 aliphatic heterocycles. The fraction of sp³-hybridized carbons (Fsp3) is 0.100. The first kappa shape index (κ1) is 13.3. The van der Waals surface area contributed by atoms with E-state index in [4.69, 9.17) is 5.73 Å². The van der Waals surface area contributed by atoms with Crippen LogP contribution in [0.3, 0.4) is 0 Å². The van der Waals surface area contributed by atoms with Crippen LogP contribution in [0.2, 0.25) is 0 Å². The lowest BCUT2D eigenvalue weighted by molar-refractivity contribution is 0.601. The maximum absolute atomic E-state index is 12.1. The third-order valence-electron chi connectivity index (χ3n) is 2.26. The summed E-state index contributed by atoms with van der Waals surface area (Å²) in [5, 5.41) is 0.307. The van der Waals surface area contributed by atoms with Crippen molar-refractivity contribution < 1.29 is 8.42 Å². The maximum Gasteiger partial charge on any atom is 0.263 e. The quantitative estimate of drug-likeness (QED) is 0.835. The highest BCUT2D eigenvalue weighted by molar-refractivity contribution is 9.11. The van der Waals surface area contributed by atoms with Gasteiger partial charge in [0.05, 0.1) is 14.9 Å². The number of thiazole rings is 1. The molecule has 0 fully saturated rings. The number of aromatic nitrogens is 1. The van der Waals surface area contributed by atoms with Gasteiger partial charge in [-0.25, -0.2) is 13.4 Å². The Kier molecular flexibility index (Phi) is 3.60. The van der Waals surface area contributed by atoms with E-state index in [0.717, 1.165) is 9.35 Å². The smallest absolute Gasteiger partial charge is 0.263 e. The highest BCUT2D eigenvalue weighted by atomic mass is 79.9. The van der Waals surface area contributed by atoms with Crippen LogP contribution >= 0.6 is 27.3 Å². The summed E-state index contributed by atoms with van der Waals surface area (Å²) in [6, 6.07) is 4.61. The van der Waals surface area contributed by atoms with Gasteiger partial charge in [0.25, 0.3) is 10.0 Å². The predicted octanol–water partition coefficient (Wildman–Crippen LogP) is 2.60. The van der Waals surface area contributed by atoms with E-state index in [2.05, 4.69) is 25.6 Å². The van der Waals surface area contributed by atoms with Crippen LogP contribution in [0.5, 0.6) is 0 Å². The van der Waals surface area contributed by atoms with E-state index in [0.29, 0.717) is 10.8 Å². The van der Waals surface area contributed by atoms with Crippen LogP contribution in [0, 0.1) is 6.92 Å². The van der Waals surface area contributed by atoms with Crippen molar-refractivity contribution in [2.45, 2.75) is 11.8 Å². The van der Waals surface area contributed by atoms with Crippen LogP contribution in [0.4, 0.5) is 10.8 Å². The van der Waals surface area contributed by atoms with Gasteiger partial charge in [-0.2, -0.15) is 0 Å². The normalized spacial score (nSPS) is 11.4. The Morgan fingerprint density at radius 3 is 2.72 bits per heavy atom. The summed E-state index contributed by atoms with van der Waals surface area (Å²) < 4.78 is 27.3. The number of aryl methyl sites for hydroxylation is 1. The molecule has 0 spiro atoms. The van der Waals surface area contributed by atoms with Gasteiger partial charge < -0.3 is 5.73 Å². The summed E-state index contributed by atoms with van der Waals surface area (Å²) in [5.74, 6) is 0. The van der Waals surface area contributed by atoms with E-state index < -0.39 is 10.0 Å². The average molecular weight is 348 g/mol. The molecule has 96 valence electrons. The molecule has 0 aliphatic rings. The van der Waals surface area contributed by atoms with Gasteiger partial charge in [0.2, 0.25) is 0 Å². The van der Waals surface area contributed by atoms with E-state index in [9.17, 15) is 8.42 Å². The van der Waals surface area contributed by atoms with Crippen LogP contribution in [0.15, 0.2) is 33.1 Å². The number of nitrogens with one attached hydrogen (secondary N) is 1. The minimum absolute atomic E-state index is 0.122. The first-order valence-electron chi connectivity index (χ1n) is 4.89. The summed E-state index contributed by atoms with van der Waals surface area (Å²) in [5.41, 5.74) is 6.98. The van der Waals surface area contributed by atoms with Crippen molar-refractivity contribution in [2.75, 3.05) is 10.5 Å². The molecule has 0 bridgehead atoms. The molecule has 1 aromatic heterocycles. The molecule has 0 aliphatic carbocycles. The number of nitrogen functional groups attached to an aromatic ring is 1. The molecule has 8 heteroatoms. The van der Waals surface area contributed by atoms with Gasteiger partial charge in [-0.15, -0.1) is 0 Å². The SMILES string of the molecule is Cc1ccc(S(=O)(=O)Nc2ncc(Br)s2)cc1N. The lowest BCUT2D eigenvalue weighted by Gasteiger charge is -2.07. The monoisotopic (exact) mass is 347 g/mol. The number of nitrogens with two attached hydrogens (primary N) is 1. The van der Waals surface area contributed by atoms with E-state index in [1.54, 1.807) is 6.07 Å². The van der Waals surface area contributed by atoms with Crippen LogP contribution in [-0.2, 0) is 10.0 Å². The van der Waals surface area contributed by atoms with Gasteiger partial charge in [-0.1, -0.05) is 17.4 Å². The summed E-state index contributed by atoms with van der Waals surface area (Å²) in [6.45, 7) is 1.82. The van der Waals surface area contributed by atoms with Gasteiger partial charge in [-0.3, -0.25) is 4.72 Å². The number of halogens is 1. The van der Waals surface area contributed by atoms with Crippen LogP contribution in [0.25, 0.3) is 0 Å². The third kappa shape index (κ3) is 2.82.